The number of rotatable bonds is 2. The van der Waals surface area contributed by atoms with E-state index in [1.807, 2.05) is 31.2 Å². The van der Waals surface area contributed by atoms with Crippen LogP contribution in [0.25, 0.3) is 21.9 Å². The Bertz CT molecular complexity index is 689. The van der Waals surface area contributed by atoms with E-state index >= 15 is 0 Å². The molecule has 0 bridgehead atoms. The summed E-state index contributed by atoms with van der Waals surface area (Å²) < 4.78 is 5.46. The maximum Gasteiger partial charge on any atom is 0.183 e. The molecule has 2 heterocycles. The van der Waals surface area contributed by atoms with Crippen LogP contribution in [0.5, 0.6) is 5.75 Å². The molecule has 2 aromatic heterocycles. The number of aromatic amines is 1. The van der Waals surface area contributed by atoms with Crippen molar-refractivity contribution in [3.63, 3.8) is 0 Å². The van der Waals surface area contributed by atoms with Crippen molar-refractivity contribution >= 4 is 27.8 Å². The van der Waals surface area contributed by atoms with Crippen molar-refractivity contribution in [2.45, 2.75) is 6.92 Å². The summed E-state index contributed by atoms with van der Waals surface area (Å²) in [7, 11) is 0. The van der Waals surface area contributed by atoms with Crippen LogP contribution in [0.2, 0.25) is 0 Å². The van der Waals surface area contributed by atoms with Crippen LogP contribution in [-0.4, -0.2) is 21.8 Å². The van der Waals surface area contributed by atoms with Crippen LogP contribution in [0.1, 0.15) is 6.92 Å². The number of nitrogens with zero attached hydrogens (tertiary/aromatic N) is 2. The standard InChI is InChI=1S/C12H12N4O/c1-2-17-8-3-4-10-7(5-8)6-9-11(13)15-16-12(9)14-10/h3-6H,2H2,1H3,(H3,13,14,15,16). The van der Waals surface area contributed by atoms with Gasteiger partial charge in [-0.3, -0.25) is 5.10 Å². The first-order valence-electron chi connectivity index (χ1n) is 5.45. The van der Waals surface area contributed by atoms with Crippen molar-refractivity contribution in [3.05, 3.63) is 24.3 Å². The van der Waals surface area contributed by atoms with Gasteiger partial charge < -0.3 is 10.5 Å². The third-order valence-corrected chi connectivity index (χ3v) is 2.65. The molecule has 0 amide bonds. The number of pyridine rings is 1. The number of benzene rings is 1. The smallest absolute Gasteiger partial charge is 0.183 e. The second-order valence-electron chi connectivity index (χ2n) is 3.78. The normalized spacial score (nSPS) is 11.1. The van der Waals surface area contributed by atoms with Crippen LogP contribution in [0.4, 0.5) is 5.82 Å². The SMILES string of the molecule is CCOc1ccc2nc3n[nH]c(N)c3cc2c1. The topological polar surface area (TPSA) is 76.8 Å². The predicted molar refractivity (Wildman–Crippen MR) is 67.0 cm³/mol. The minimum atomic E-state index is 0.538. The van der Waals surface area contributed by atoms with Crippen LogP contribution in [0, 0.1) is 0 Å². The number of anilines is 1. The highest BCUT2D eigenvalue weighted by Crippen LogP contribution is 2.25. The molecule has 0 aliphatic heterocycles. The average Bonchev–Trinajstić information content (AvgIpc) is 2.69. The fraction of sp³-hybridized carbons (Fsp3) is 0.167. The second-order valence-corrected chi connectivity index (χ2v) is 3.78. The Kier molecular flexibility index (Phi) is 2.11. The van der Waals surface area contributed by atoms with Gasteiger partial charge in [0.1, 0.15) is 11.6 Å². The van der Waals surface area contributed by atoms with E-state index in [-0.39, 0.29) is 0 Å². The molecule has 0 fully saturated rings. The number of aromatic nitrogens is 3. The zero-order chi connectivity index (χ0) is 11.8. The zero-order valence-electron chi connectivity index (χ0n) is 9.40. The highest BCUT2D eigenvalue weighted by molar-refractivity contribution is 5.96. The number of fused-ring (bicyclic) bond motifs is 2. The molecule has 3 rings (SSSR count). The van der Waals surface area contributed by atoms with Gasteiger partial charge in [0.25, 0.3) is 0 Å². The van der Waals surface area contributed by atoms with Gasteiger partial charge in [0.05, 0.1) is 17.5 Å². The number of nitrogen functional groups attached to an aromatic ring is 1. The number of H-pyrrole nitrogens is 1. The minimum absolute atomic E-state index is 0.538. The van der Waals surface area contributed by atoms with Crippen molar-refractivity contribution < 1.29 is 4.74 Å². The predicted octanol–water partition coefficient (Wildman–Crippen LogP) is 2.09. The molecule has 17 heavy (non-hydrogen) atoms. The van der Waals surface area contributed by atoms with Gasteiger partial charge in [-0.1, -0.05) is 0 Å². The molecule has 0 aliphatic carbocycles. The maximum absolute atomic E-state index is 5.77. The summed E-state index contributed by atoms with van der Waals surface area (Å²) in [6, 6.07) is 7.75. The average molecular weight is 228 g/mol. The molecule has 0 saturated heterocycles. The number of ether oxygens (including phenoxy) is 1. The third kappa shape index (κ3) is 1.56. The number of nitrogens with one attached hydrogen (secondary N) is 1. The summed E-state index contributed by atoms with van der Waals surface area (Å²) in [6.45, 7) is 2.61. The molecule has 0 aliphatic rings. The van der Waals surface area contributed by atoms with Crippen LogP contribution in [0.3, 0.4) is 0 Å². The molecule has 1 aromatic carbocycles. The van der Waals surface area contributed by atoms with Gasteiger partial charge in [-0.05, 0) is 31.2 Å². The molecule has 3 aromatic rings. The van der Waals surface area contributed by atoms with Crippen LogP contribution >= 0.6 is 0 Å². The lowest BCUT2D eigenvalue weighted by Gasteiger charge is -2.04. The fourth-order valence-corrected chi connectivity index (χ4v) is 1.86. The Morgan fingerprint density at radius 1 is 1.35 bits per heavy atom. The first-order chi connectivity index (χ1) is 8.28. The van der Waals surface area contributed by atoms with Crippen LogP contribution in [0.15, 0.2) is 24.3 Å². The second kappa shape index (κ2) is 3.62. The summed E-state index contributed by atoms with van der Waals surface area (Å²) in [5.74, 6) is 1.37. The van der Waals surface area contributed by atoms with E-state index in [1.165, 1.54) is 0 Å². The van der Waals surface area contributed by atoms with Crippen molar-refractivity contribution in [2.24, 2.45) is 0 Å². The fourth-order valence-electron chi connectivity index (χ4n) is 1.86. The lowest BCUT2D eigenvalue weighted by molar-refractivity contribution is 0.340. The Hall–Kier alpha value is -2.30. The van der Waals surface area contributed by atoms with Gasteiger partial charge in [0.2, 0.25) is 0 Å². The molecular weight excluding hydrogens is 216 g/mol. The lowest BCUT2D eigenvalue weighted by Crippen LogP contribution is -1.91. The lowest BCUT2D eigenvalue weighted by atomic mass is 10.2. The number of hydrogen-bond donors (Lipinski definition) is 2. The Labute approximate surface area is 97.6 Å². The van der Waals surface area contributed by atoms with Crippen LogP contribution < -0.4 is 10.5 Å². The molecule has 0 saturated carbocycles. The van der Waals surface area contributed by atoms with E-state index in [1.54, 1.807) is 0 Å². The van der Waals surface area contributed by atoms with Gasteiger partial charge in [-0.25, -0.2) is 4.98 Å². The summed E-state index contributed by atoms with van der Waals surface area (Å²) in [6.07, 6.45) is 0. The Balaban J connectivity index is 2.27. The minimum Gasteiger partial charge on any atom is -0.494 e. The first kappa shape index (κ1) is 9.89. The van der Waals surface area contributed by atoms with E-state index in [4.69, 9.17) is 10.5 Å². The molecule has 5 heteroatoms. The van der Waals surface area contributed by atoms with Crippen molar-refractivity contribution in [1.29, 1.82) is 0 Å². The van der Waals surface area contributed by atoms with Gasteiger partial charge in [-0.15, -0.1) is 0 Å². The molecule has 0 atom stereocenters. The summed E-state index contributed by atoms with van der Waals surface area (Å²) >= 11 is 0. The van der Waals surface area contributed by atoms with E-state index in [2.05, 4.69) is 15.2 Å². The molecular formula is C12H12N4O. The number of hydrogen-bond acceptors (Lipinski definition) is 4. The Morgan fingerprint density at radius 2 is 2.24 bits per heavy atom. The zero-order valence-corrected chi connectivity index (χ0v) is 9.40. The van der Waals surface area contributed by atoms with Crippen molar-refractivity contribution in [1.82, 2.24) is 15.2 Å². The highest BCUT2D eigenvalue weighted by atomic mass is 16.5. The third-order valence-electron chi connectivity index (χ3n) is 2.65. The van der Waals surface area contributed by atoms with E-state index in [0.717, 1.165) is 22.0 Å². The van der Waals surface area contributed by atoms with Crippen LogP contribution in [-0.2, 0) is 0 Å². The van der Waals surface area contributed by atoms with Gasteiger partial charge >= 0.3 is 0 Å². The molecule has 0 spiro atoms. The van der Waals surface area contributed by atoms with Gasteiger partial charge in [-0.2, -0.15) is 5.10 Å². The summed E-state index contributed by atoms with van der Waals surface area (Å²) in [5, 5.41) is 8.60. The Morgan fingerprint density at radius 3 is 3.06 bits per heavy atom. The monoisotopic (exact) mass is 228 g/mol. The molecule has 0 unspecified atom stereocenters. The quantitative estimate of drug-likeness (QED) is 0.704. The molecule has 0 radical (unpaired) electrons. The van der Waals surface area contributed by atoms with Crippen molar-refractivity contribution in [2.75, 3.05) is 12.3 Å². The summed E-state index contributed by atoms with van der Waals surface area (Å²) in [4.78, 5) is 4.42. The maximum atomic E-state index is 5.77. The number of nitrogens with two attached hydrogens (primary N) is 1. The van der Waals surface area contributed by atoms with Gasteiger partial charge in [0, 0.05) is 5.39 Å². The molecule has 86 valence electrons. The highest BCUT2D eigenvalue weighted by Gasteiger charge is 2.06. The van der Waals surface area contributed by atoms with E-state index in [9.17, 15) is 0 Å². The van der Waals surface area contributed by atoms with E-state index < -0.39 is 0 Å². The summed E-state index contributed by atoms with van der Waals surface area (Å²) in [5.41, 5.74) is 7.29. The first-order valence-corrected chi connectivity index (χ1v) is 5.45. The molecule has 5 nitrogen and oxygen atoms in total. The van der Waals surface area contributed by atoms with Crippen molar-refractivity contribution in [3.8, 4) is 5.75 Å². The van der Waals surface area contributed by atoms with Gasteiger partial charge in [0.15, 0.2) is 5.65 Å². The molecule has 3 N–H and O–H groups in total. The van der Waals surface area contributed by atoms with E-state index in [0.29, 0.717) is 18.1 Å². The largest absolute Gasteiger partial charge is 0.494 e.